The van der Waals surface area contributed by atoms with Crippen molar-refractivity contribution in [1.29, 1.82) is 0 Å². The minimum atomic E-state index is 0.686. The zero-order valence-corrected chi connectivity index (χ0v) is 12.5. The van der Waals surface area contributed by atoms with Crippen LogP contribution in [0.4, 0.5) is 5.69 Å². The van der Waals surface area contributed by atoms with E-state index in [-0.39, 0.29) is 0 Å². The van der Waals surface area contributed by atoms with Crippen molar-refractivity contribution in [2.45, 2.75) is 6.42 Å². The molecule has 0 radical (unpaired) electrons. The number of nitrogens with zero attached hydrogens (tertiary/aromatic N) is 1. The number of hydrogen-bond donors (Lipinski definition) is 0. The maximum absolute atomic E-state index is 10.7. The molecule has 0 atom stereocenters. The average Bonchev–Trinajstić information content (AvgIpc) is 2.89. The first kappa shape index (κ1) is 13.3. The molecule has 1 aromatic carbocycles. The van der Waals surface area contributed by atoms with Crippen molar-refractivity contribution in [3.05, 3.63) is 50.6 Å². The van der Waals surface area contributed by atoms with E-state index in [1.54, 1.807) is 11.3 Å². The lowest BCUT2D eigenvalue weighted by Gasteiger charge is -2.19. The summed E-state index contributed by atoms with van der Waals surface area (Å²) in [5.41, 5.74) is 1.80. The van der Waals surface area contributed by atoms with Crippen molar-refractivity contribution in [3.63, 3.8) is 0 Å². The Morgan fingerprint density at radius 2 is 2.22 bits per heavy atom. The molecule has 2 aromatic rings. The molecule has 4 heteroatoms. The van der Waals surface area contributed by atoms with Gasteiger partial charge in [-0.1, -0.05) is 6.07 Å². The number of rotatable bonds is 5. The summed E-state index contributed by atoms with van der Waals surface area (Å²) in [6, 6.07) is 10.0. The Morgan fingerprint density at radius 1 is 1.39 bits per heavy atom. The molecule has 0 aliphatic heterocycles. The molecule has 0 aliphatic carbocycles. The van der Waals surface area contributed by atoms with E-state index in [1.807, 2.05) is 18.2 Å². The van der Waals surface area contributed by atoms with Crippen molar-refractivity contribution >= 4 is 39.2 Å². The van der Waals surface area contributed by atoms with Crippen LogP contribution in [0.5, 0.6) is 0 Å². The van der Waals surface area contributed by atoms with Gasteiger partial charge in [-0.15, -0.1) is 11.3 Å². The molecule has 1 heterocycles. The number of hydrogen-bond acceptors (Lipinski definition) is 3. The Kier molecular flexibility index (Phi) is 4.55. The monoisotopic (exact) mass is 323 g/mol. The zero-order valence-electron chi connectivity index (χ0n) is 10.1. The van der Waals surface area contributed by atoms with Gasteiger partial charge in [-0.2, -0.15) is 0 Å². The third kappa shape index (κ3) is 3.21. The highest BCUT2D eigenvalue weighted by atomic mass is 79.9. The predicted octanol–water partition coefficient (Wildman–Crippen LogP) is 4.00. The van der Waals surface area contributed by atoms with Gasteiger partial charge in [-0.25, -0.2) is 0 Å². The van der Waals surface area contributed by atoms with Crippen LogP contribution in [0.1, 0.15) is 15.2 Å². The largest absolute Gasteiger partial charge is 0.374 e. The van der Waals surface area contributed by atoms with E-state index in [2.05, 4.69) is 45.4 Å². The lowest BCUT2D eigenvalue weighted by atomic mass is 10.2. The van der Waals surface area contributed by atoms with Crippen LogP contribution in [0.25, 0.3) is 0 Å². The van der Waals surface area contributed by atoms with E-state index >= 15 is 0 Å². The van der Waals surface area contributed by atoms with Gasteiger partial charge in [0, 0.05) is 34.2 Å². The number of aldehydes is 1. The van der Waals surface area contributed by atoms with E-state index in [0.717, 1.165) is 29.4 Å². The normalized spacial score (nSPS) is 10.3. The SMILES string of the molecule is CN(CCc1cccs1)c1ccc(C=O)c(Br)c1. The third-order valence-corrected chi connectivity index (χ3v) is 4.45. The molecule has 2 nitrogen and oxygen atoms in total. The van der Waals surface area contributed by atoms with Crippen LogP contribution in [-0.2, 0) is 6.42 Å². The second-order valence-corrected chi connectivity index (χ2v) is 5.96. The second kappa shape index (κ2) is 6.16. The molecule has 0 saturated heterocycles. The zero-order chi connectivity index (χ0) is 13.0. The number of carbonyl (C=O) groups excluding carboxylic acids is 1. The van der Waals surface area contributed by atoms with Crippen LogP contribution < -0.4 is 4.90 Å². The molecule has 0 bridgehead atoms. The number of halogens is 1. The lowest BCUT2D eigenvalue weighted by molar-refractivity contribution is 0.112. The summed E-state index contributed by atoms with van der Waals surface area (Å²) in [7, 11) is 2.07. The van der Waals surface area contributed by atoms with E-state index in [0.29, 0.717) is 5.56 Å². The van der Waals surface area contributed by atoms with Gasteiger partial charge in [0.1, 0.15) is 0 Å². The fraction of sp³-hybridized carbons (Fsp3) is 0.214. The maximum Gasteiger partial charge on any atom is 0.151 e. The van der Waals surface area contributed by atoms with Crippen LogP contribution >= 0.6 is 27.3 Å². The Balaban J connectivity index is 2.02. The van der Waals surface area contributed by atoms with Gasteiger partial charge >= 0.3 is 0 Å². The van der Waals surface area contributed by atoms with E-state index in [9.17, 15) is 4.79 Å². The van der Waals surface area contributed by atoms with Gasteiger partial charge in [-0.3, -0.25) is 4.79 Å². The van der Waals surface area contributed by atoms with Gasteiger partial charge in [0.15, 0.2) is 6.29 Å². The van der Waals surface area contributed by atoms with Gasteiger partial charge in [0.05, 0.1) is 0 Å². The highest BCUT2D eigenvalue weighted by molar-refractivity contribution is 9.10. The number of thiophene rings is 1. The summed E-state index contributed by atoms with van der Waals surface area (Å²) < 4.78 is 0.845. The summed E-state index contributed by atoms with van der Waals surface area (Å²) in [4.78, 5) is 14.3. The van der Waals surface area contributed by atoms with Crippen LogP contribution in [0.15, 0.2) is 40.2 Å². The standard InChI is InChI=1S/C14H14BrNOS/c1-16(7-6-13-3-2-8-18-13)12-5-4-11(10-17)14(15)9-12/h2-5,8-10H,6-7H2,1H3. The number of likely N-dealkylation sites (N-methyl/N-ethyl adjacent to an activating group) is 1. The molecule has 0 amide bonds. The van der Waals surface area contributed by atoms with E-state index in [1.165, 1.54) is 4.88 Å². The Labute approximate surface area is 119 Å². The van der Waals surface area contributed by atoms with Crippen LogP contribution in [0.2, 0.25) is 0 Å². The minimum Gasteiger partial charge on any atom is -0.374 e. The Morgan fingerprint density at radius 3 is 2.83 bits per heavy atom. The topological polar surface area (TPSA) is 20.3 Å². The van der Waals surface area contributed by atoms with Crippen molar-refractivity contribution in [3.8, 4) is 0 Å². The fourth-order valence-electron chi connectivity index (χ4n) is 1.71. The van der Waals surface area contributed by atoms with Crippen molar-refractivity contribution < 1.29 is 4.79 Å². The van der Waals surface area contributed by atoms with Crippen molar-refractivity contribution in [2.75, 3.05) is 18.5 Å². The fourth-order valence-corrected chi connectivity index (χ4v) is 2.87. The summed E-state index contributed by atoms with van der Waals surface area (Å²) in [6.07, 6.45) is 1.90. The number of carbonyl (C=O) groups is 1. The van der Waals surface area contributed by atoms with Gasteiger partial charge < -0.3 is 4.90 Å². The number of anilines is 1. The number of benzene rings is 1. The third-order valence-electron chi connectivity index (χ3n) is 2.83. The Hall–Kier alpha value is -1.13. The molecule has 1 aromatic heterocycles. The minimum absolute atomic E-state index is 0.686. The molecule has 94 valence electrons. The molecule has 0 aliphatic rings. The molecular formula is C14H14BrNOS. The molecular weight excluding hydrogens is 310 g/mol. The van der Waals surface area contributed by atoms with Crippen LogP contribution in [0.3, 0.4) is 0 Å². The molecule has 0 unspecified atom stereocenters. The summed E-state index contributed by atoms with van der Waals surface area (Å²) in [5.74, 6) is 0. The first-order chi connectivity index (χ1) is 8.70. The second-order valence-electron chi connectivity index (χ2n) is 4.07. The smallest absolute Gasteiger partial charge is 0.151 e. The summed E-state index contributed by atoms with van der Waals surface area (Å²) in [5, 5.41) is 2.10. The molecule has 2 rings (SSSR count). The van der Waals surface area contributed by atoms with E-state index in [4.69, 9.17) is 0 Å². The van der Waals surface area contributed by atoms with Crippen molar-refractivity contribution in [2.24, 2.45) is 0 Å². The highest BCUT2D eigenvalue weighted by Crippen LogP contribution is 2.23. The maximum atomic E-state index is 10.7. The highest BCUT2D eigenvalue weighted by Gasteiger charge is 2.05. The van der Waals surface area contributed by atoms with Gasteiger partial charge in [0.25, 0.3) is 0 Å². The predicted molar refractivity (Wildman–Crippen MR) is 80.8 cm³/mol. The summed E-state index contributed by atoms with van der Waals surface area (Å²) >= 11 is 5.20. The van der Waals surface area contributed by atoms with E-state index < -0.39 is 0 Å². The van der Waals surface area contributed by atoms with Gasteiger partial charge in [0.2, 0.25) is 0 Å². The first-order valence-corrected chi connectivity index (χ1v) is 7.36. The quantitative estimate of drug-likeness (QED) is 0.775. The average molecular weight is 324 g/mol. The molecule has 0 N–H and O–H groups in total. The summed E-state index contributed by atoms with van der Waals surface area (Å²) in [6.45, 7) is 0.966. The van der Waals surface area contributed by atoms with Crippen molar-refractivity contribution in [1.82, 2.24) is 0 Å². The molecule has 0 spiro atoms. The Bertz CT molecular complexity index is 525. The molecule has 18 heavy (non-hydrogen) atoms. The van der Waals surface area contributed by atoms with Crippen LogP contribution in [-0.4, -0.2) is 19.9 Å². The van der Waals surface area contributed by atoms with Crippen LogP contribution in [0, 0.1) is 0 Å². The molecule has 0 saturated carbocycles. The lowest BCUT2D eigenvalue weighted by Crippen LogP contribution is -2.19. The molecule has 0 fully saturated rings. The first-order valence-electron chi connectivity index (χ1n) is 5.69. The van der Waals surface area contributed by atoms with Gasteiger partial charge in [-0.05, 0) is 52.0 Å².